The summed E-state index contributed by atoms with van der Waals surface area (Å²) in [6.45, 7) is 7.24. The van der Waals surface area contributed by atoms with Gasteiger partial charge in [0.1, 0.15) is 5.75 Å². The number of carbonyl (C=O) groups is 1. The number of nitrogens with zero attached hydrogens (tertiary/aromatic N) is 2. The topological polar surface area (TPSA) is 32.8 Å². The van der Waals surface area contributed by atoms with Gasteiger partial charge in [0.05, 0.1) is 12.7 Å². The number of piperazine rings is 1. The molecule has 1 saturated heterocycles. The first-order valence-electron chi connectivity index (χ1n) is 8.44. The van der Waals surface area contributed by atoms with Gasteiger partial charge < -0.3 is 14.5 Å². The van der Waals surface area contributed by atoms with Gasteiger partial charge in [0.15, 0.2) is 0 Å². The maximum absolute atomic E-state index is 12.9. The normalized spacial score (nSPS) is 14.6. The number of hydrogen-bond donors (Lipinski definition) is 0. The lowest BCUT2D eigenvalue weighted by atomic mass is 10.1. The van der Waals surface area contributed by atoms with E-state index in [0.29, 0.717) is 29.4 Å². The van der Waals surface area contributed by atoms with Crippen LogP contribution in [0.1, 0.15) is 21.5 Å². The van der Waals surface area contributed by atoms with E-state index in [1.54, 1.807) is 25.3 Å². The lowest BCUT2D eigenvalue weighted by Gasteiger charge is -2.37. The number of hydrogen-bond acceptors (Lipinski definition) is 3. The van der Waals surface area contributed by atoms with Crippen molar-refractivity contribution in [3.05, 3.63) is 58.1 Å². The molecule has 2 aromatic rings. The average molecular weight is 359 g/mol. The van der Waals surface area contributed by atoms with Crippen LogP contribution >= 0.6 is 11.6 Å². The van der Waals surface area contributed by atoms with Crippen LogP contribution in [0.25, 0.3) is 0 Å². The molecule has 0 atom stereocenters. The van der Waals surface area contributed by atoms with Crippen LogP contribution in [0.3, 0.4) is 0 Å². The van der Waals surface area contributed by atoms with E-state index in [1.165, 1.54) is 16.8 Å². The molecular formula is C20H23ClN2O2. The van der Waals surface area contributed by atoms with E-state index < -0.39 is 0 Å². The molecule has 1 amide bonds. The number of anilines is 1. The summed E-state index contributed by atoms with van der Waals surface area (Å²) >= 11 is 6.06. The van der Waals surface area contributed by atoms with Gasteiger partial charge in [0.2, 0.25) is 0 Å². The quantitative estimate of drug-likeness (QED) is 0.833. The fourth-order valence-electron chi connectivity index (χ4n) is 3.33. The van der Waals surface area contributed by atoms with Gasteiger partial charge in [-0.2, -0.15) is 0 Å². The fourth-order valence-corrected chi connectivity index (χ4v) is 3.50. The zero-order valence-corrected chi connectivity index (χ0v) is 15.6. The Bertz CT molecular complexity index is 783. The zero-order chi connectivity index (χ0) is 18.0. The van der Waals surface area contributed by atoms with Crippen molar-refractivity contribution >= 4 is 23.2 Å². The smallest absolute Gasteiger partial charge is 0.257 e. The van der Waals surface area contributed by atoms with E-state index in [0.717, 1.165) is 13.1 Å². The van der Waals surface area contributed by atoms with Crippen LogP contribution in [0.15, 0.2) is 36.4 Å². The molecule has 0 bridgehead atoms. The van der Waals surface area contributed by atoms with Gasteiger partial charge in [-0.1, -0.05) is 29.3 Å². The minimum Gasteiger partial charge on any atom is -0.496 e. The molecule has 2 aromatic carbocycles. The minimum atomic E-state index is -0.0281. The van der Waals surface area contributed by atoms with Crippen LogP contribution in [0, 0.1) is 13.8 Å². The van der Waals surface area contributed by atoms with E-state index in [1.807, 2.05) is 4.90 Å². The third kappa shape index (κ3) is 3.74. The molecule has 132 valence electrons. The number of halogens is 1. The van der Waals surface area contributed by atoms with Gasteiger partial charge in [-0.3, -0.25) is 4.79 Å². The SMILES string of the molecule is COc1ccc(Cl)cc1C(=O)N1CCN(c2ccc(C)cc2C)CC1. The molecule has 0 unspecified atom stereocenters. The third-order valence-corrected chi connectivity index (χ3v) is 4.89. The Balaban J connectivity index is 1.72. The van der Waals surface area contributed by atoms with Crippen molar-refractivity contribution < 1.29 is 9.53 Å². The summed E-state index contributed by atoms with van der Waals surface area (Å²) in [5.74, 6) is 0.533. The minimum absolute atomic E-state index is 0.0281. The zero-order valence-electron chi connectivity index (χ0n) is 14.9. The van der Waals surface area contributed by atoms with Crippen molar-refractivity contribution in [1.29, 1.82) is 0 Å². The van der Waals surface area contributed by atoms with Crippen molar-refractivity contribution in [1.82, 2.24) is 4.90 Å². The number of carbonyl (C=O) groups excluding carboxylic acids is 1. The predicted molar refractivity (Wildman–Crippen MR) is 102 cm³/mol. The molecule has 5 heteroatoms. The number of amides is 1. The van der Waals surface area contributed by atoms with Crippen molar-refractivity contribution in [3.8, 4) is 5.75 Å². The Morgan fingerprint density at radius 3 is 2.40 bits per heavy atom. The summed E-state index contributed by atoms with van der Waals surface area (Å²) in [7, 11) is 1.57. The van der Waals surface area contributed by atoms with Gasteiger partial charge in [-0.05, 0) is 43.7 Å². The highest BCUT2D eigenvalue weighted by Gasteiger charge is 2.25. The Kier molecular flexibility index (Phi) is 5.19. The molecular weight excluding hydrogens is 336 g/mol. The molecule has 0 aromatic heterocycles. The average Bonchev–Trinajstić information content (AvgIpc) is 2.61. The van der Waals surface area contributed by atoms with Gasteiger partial charge in [0.25, 0.3) is 5.91 Å². The molecule has 4 nitrogen and oxygen atoms in total. The summed E-state index contributed by atoms with van der Waals surface area (Å²) in [6, 6.07) is 11.7. The highest BCUT2D eigenvalue weighted by atomic mass is 35.5. The molecule has 0 aliphatic carbocycles. The second-order valence-corrected chi connectivity index (χ2v) is 6.85. The molecule has 0 N–H and O–H groups in total. The highest BCUT2D eigenvalue weighted by Crippen LogP contribution is 2.26. The molecule has 1 fully saturated rings. The Labute approximate surface area is 154 Å². The highest BCUT2D eigenvalue weighted by molar-refractivity contribution is 6.31. The summed E-state index contributed by atoms with van der Waals surface area (Å²) in [5.41, 5.74) is 4.31. The van der Waals surface area contributed by atoms with Crippen molar-refractivity contribution in [2.24, 2.45) is 0 Å². The van der Waals surface area contributed by atoms with Gasteiger partial charge >= 0.3 is 0 Å². The van der Waals surface area contributed by atoms with Crippen LogP contribution in [0.2, 0.25) is 5.02 Å². The lowest BCUT2D eigenvalue weighted by Crippen LogP contribution is -2.49. The van der Waals surface area contributed by atoms with Gasteiger partial charge in [-0.25, -0.2) is 0 Å². The van der Waals surface area contributed by atoms with Gasteiger partial charge in [-0.15, -0.1) is 0 Å². The van der Waals surface area contributed by atoms with Crippen LogP contribution in [-0.4, -0.2) is 44.1 Å². The maximum Gasteiger partial charge on any atom is 0.257 e. The van der Waals surface area contributed by atoms with E-state index in [4.69, 9.17) is 16.3 Å². The van der Waals surface area contributed by atoms with Crippen molar-refractivity contribution in [2.75, 3.05) is 38.2 Å². The molecule has 0 saturated carbocycles. The number of methoxy groups -OCH3 is 1. The standard InChI is InChI=1S/C20H23ClN2O2/c1-14-4-6-18(15(2)12-14)22-8-10-23(11-9-22)20(24)17-13-16(21)5-7-19(17)25-3/h4-7,12-13H,8-11H2,1-3H3. The number of rotatable bonds is 3. The van der Waals surface area contributed by atoms with Crippen molar-refractivity contribution in [3.63, 3.8) is 0 Å². The molecule has 1 heterocycles. The fraction of sp³-hybridized carbons (Fsp3) is 0.350. The van der Waals surface area contributed by atoms with E-state index in [2.05, 4.69) is 36.9 Å². The maximum atomic E-state index is 12.9. The van der Waals surface area contributed by atoms with Crippen LogP contribution in [-0.2, 0) is 0 Å². The first-order valence-corrected chi connectivity index (χ1v) is 8.82. The molecule has 0 spiro atoms. The van der Waals surface area contributed by atoms with Gasteiger partial charge in [0, 0.05) is 36.9 Å². The van der Waals surface area contributed by atoms with Crippen LogP contribution in [0.4, 0.5) is 5.69 Å². The monoisotopic (exact) mass is 358 g/mol. The lowest BCUT2D eigenvalue weighted by molar-refractivity contribution is 0.0743. The number of aryl methyl sites for hydroxylation is 2. The first kappa shape index (κ1) is 17.6. The first-order chi connectivity index (χ1) is 12.0. The number of benzene rings is 2. The van der Waals surface area contributed by atoms with E-state index in [9.17, 15) is 4.79 Å². The number of ether oxygens (including phenoxy) is 1. The largest absolute Gasteiger partial charge is 0.496 e. The summed E-state index contributed by atoms with van der Waals surface area (Å²) in [6.07, 6.45) is 0. The Hall–Kier alpha value is -2.20. The molecule has 3 rings (SSSR count). The van der Waals surface area contributed by atoms with E-state index >= 15 is 0 Å². The molecule has 0 radical (unpaired) electrons. The van der Waals surface area contributed by atoms with E-state index in [-0.39, 0.29) is 5.91 Å². The second kappa shape index (κ2) is 7.36. The Morgan fingerprint density at radius 2 is 1.76 bits per heavy atom. The van der Waals surface area contributed by atoms with Crippen LogP contribution in [0.5, 0.6) is 5.75 Å². The molecule has 1 aliphatic heterocycles. The van der Waals surface area contributed by atoms with Crippen LogP contribution < -0.4 is 9.64 Å². The summed E-state index contributed by atoms with van der Waals surface area (Å²) < 4.78 is 5.31. The summed E-state index contributed by atoms with van der Waals surface area (Å²) in [4.78, 5) is 17.1. The van der Waals surface area contributed by atoms with Crippen molar-refractivity contribution in [2.45, 2.75) is 13.8 Å². The molecule has 25 heavy (non-hydrogen) atoms. The third-order valence-electron chi connectivity index (χ3n) is 4.65. The predicted octanol–water partition coefficient (Wildman–Crippen LogP) is 3.93. The molecule has 1 aliphatic rings. The second-order valence-electron chi connectivity index (χ2n) is 6.41. The Morgan fingerprint density at radius 1 is 1.04 bits per heavy atom. The summed E-state index contributed by atoms with van der Waals surface area (Å²) in [5, 5.41) is 0.540.